The Balaban J connectivity index is 1.40. The van der Waals surface area contributed by atoms with Crippen molar-refractivity contribution in [3.8, 4) is 5.75 Å². The fraction of sp³-hybridized carbons (Fsp3) is 0.348. The lowest BCUT2D eigenvalue weighted by atomic mass is 9.94. The van der Waals surface area contributed by atoms with Gasteiger partial charge in [0.05, 0.1) is 12.5 Å². The van der Waals surface area contributed by atoms with E-state index in [9.17, 15) is 4.79 Å². The third-order valence-electron chi connectivity index (χ3n) is 6.34. The molecule has 0 saturated heterocycles. The summed E-state index contributed by atoms with van der Waals surface area (Å²) >= 11 is 0. The van der Waals surface area contributed by atoms with E-state index in [0.29, 0.717) is 5.41 Å². The monoisotopic (exact) mass is 360 g/mol. The van der Waals surface area contributed by atoms with Crippen LogP contribution in [0.25, 0.3) is 10.9 Å². The minimum absolute atomic E-state index is 0.0695. The van der Waals surface area contributed by atoms with Crippen molar-refractivity contribution in [3.05, 3.63) is 59.8 Å². The van der Waals surface area contributed by atoms with Crippen molar-refractivity contribution in [1.29, 1.82) is 0 Å². The fourth-order valence-electron chi connectivity index (χ4n) is 3.94. The lowest BCUT2D eigenvalue weighted by Gasteiger charge is -2.16. The standard InChI is InChI=1S/C23H24N2O2/c1-22(8-9-22)20-13-15-12-17(6-7-19(15)25-20)24-21(26)23(10-11-23)16-4-3-5-18(14-16)27-2/h3-7,12-14,25H,8-11H2,1-2H3,(H,24,26). The average Bonchev–Trinajstić information content (AvgIpc) is 3.59. The van der Waals surface area contributed by atoms with E-state index in [4.69, 9.17) is 4.74 Å². The minimum atomic E-state index is -0.422. The molecular weight excluding hydrogens is 336 g/mol. The van der Waals surface area contributed by atoms with E-state index in [1.165, 1.54) is 18.5 Å². The molecule has 4 nitrogen and oxygen atoms in total. The number of methoxy groups -OCH3 is 1. The fourth-order valence-corrected chi connectivity index (χ4v) is 3.94. The summed E-state index contributed by atoms with van der Waals surface area (Å²) in [4.78, 5) is 16.6. The Morgan fingerprint density at radius 1 is 1.07 bits per heavy atom. The topological polar surface area (TPSA) is 54.1 Å². The number of carbonyl (C=O) groups excluding carboxylic acids is 1. The van der Waals surface area contributed by atoms with Crippen molar-refractivity contribution >= 4 is 22.5 Å². The van der Waals surface area contributed by atoms with Gasteiger partial charge in [0.1, 0.15) is 5.75 Å². The van der Waals surface area contributed by atoms with Gasteiger partial charge in [-0.2, -0.15) is 0 Å². The number of H-pyrrole nitrogens is 1. The van der Waals surface area contributed by atoms with Crippen LogP contribution in [0, 0.1) is 0 Å². The van der Waals surface area contributed by atoms with Gasteiger partial charge in [-0.05, 0) is 67.6 Å². The van der Waals surface area contributed by atoms with Gasteiger partial charge in [0.25, 0.3) is 0 Å². The zero-order valence-corrected chi connectivity index (χ0v) is 15.8. The zero-order valence-electron chi connectivity index (χ0n) is 15.8. The smallest absolute Gasteiger partial charge is 0.235 e. The highest BCUT2D eigenvalue weighted by molar-refractivity contribution is 6.02. The molecule has 0 bridgehead atoms. The van der Waals surface area contributed by atoms with Gasteiger partial charge in [-0.25, -0.2) is 0 Å². The molecule has 2 aromatic carbocycles. The number of hydrogen-bond acceptors (Lipinski definition) is 2. The number of amides is 1. The molecule has 2 aliphatic rings. The maximum atomic E-state index is 13.0. The first-order valence-electron chi connectivity index (χ1n) is 9.62. The number of aromatic nitrogens is 1. The number of anilines is 1. The lowest BCUT2D eigenvalue weighted by molar-refractivity contribution is -0.118. The molecule has 3 aromatic rings. The molecule has 138 valence electrons. The third-order valence-corrected chi connectivity index (χ3v) is 6.34. The lowest BCUT2D eigenvalue weighted by Crippen LogP contribution is -2.27. The second kappa shape index (κ2) is 5.62. The molecule has 1 heterocycles. The van der Waals surface area contributed by atoms with Gasteiger partial charge in [-0.1, -0.05) is 19.1 Å². The van der Waals surface area contributed by atoms with Gasteiger partial charge in [-0.15, -0.1) is 0 Å². The van der Waals surface area contributed by atoms with Crippen LogP contribution in [0.4, 0.5) is 5.69 Å². The molecule has 0 unspecified atom stereocenters. The number of rotatable bonds is 5. The molecule has 0 radical (unpaired) electrons. The number of aromatic amines is 1. The highest BCUT2D eigenvalue weighted by Crippen LogP contribution is 2.50. The van der Waals surface area contributed by atoms with Gasteiger partial charge in [-0.3, -0.25) is 4.79 Å². The molecule has 0 aliphatic heterocycles. The van der Waals surface area contributed by atoms with Crippen LogP contribution in [-0.2, 0) is 15.6 Å². The summed E-state index contributed by atoms with van der Waals surface area (Å²) < 4.78 is 5.32. The quantitative estimate of drug-likeness (QED) is 0.680. The van der Waals surface area contributed by atoms with Crippen molar-refractivity contribution in [2.75, 3.05) is 12.4 Å². The molecule has 4 heteroatoms. The number of fused-ring (bicyclic) bond motifs is 1. The minimum Gasteiger partial charge on any atom is -0.497 e. The van der Waals surface area contributed by atoms with E-state index >= 15 is 0 Å². The highest BCUT2D eigenvalue weighted by atomic mass is 16.5. The Labute approximate surface area is 158 Å². The molecule has 1 amide bonds. The summed E-state index contributed by atoms with van der Waals surface area (Å²) in [7, 11) is 1.65. The first kappa shape index (κ1) is 16.4. The van der Waals surface area contributed by atoms with Crippen molar-refractivity contribution in [1.82, 2.24) is 4.98 Å². The first-order valence-corrected chi connectivity index (χ1v) is 9.62. The largest absolute Gasteiger partial charge is 0.497 e. The summed E-state index contributed by atoms with van der Waals surface area (Å²) in [5, 5.41) is 4.30. The summed E-state index contributed by atoms with van der Waals surface area (Å²) in [5.74, 6) is 0.862. The van der Waals surface area contributed by atoms with Crippen LogP contribution in [0.15, 0.2) is 48.5 Å². The maximum absolute atomic E-state index is 13.0. The van der Waals surface area contributed by atoms with Gasteiger partial charge in [0.15, 0.2) is 0 Å². The van der Waals surface area contributed by atoms with E-state index in [0.717, 1.165) is 40.7 Å². The van der Waals surface area contributed by atoms with Crippen LogP contribution < -0.4 is 10.1 Å². The number of carbonyl (C=O) groups is 1. The second-order valence-electron chi connectivity index (χ2n) is 8.31. The van der Waals surface area contributed by atoms with E-state index < -0.39 is 5.41 Å². The molecule has 2 aliphatic carbocycles. The zero-order chi connectivity index (χ0) is 18.6. The number of ether oxygens (including phenoxy) is 1. The van der Waals surface area contributed by atoms with Crippen LogP contribution in [0.2, 0.25) is 0 Å². The normalized spacial score (nSPS) is 18.9. The van der Waals surface area contributed by atoms with Gasteiger partial charge < -0.3 is 15.0 Å². The van der Waals surface area contributed by atoms with Gasteiger partial charge in [0, 0.05) is 27.7 Å². The molecule has 2 N–H and O–H groups in total. The summed E-state index contributed by atoms with van der Waals surface area (Å²) in [6.45, 7) is 2.30. The molecular formula is C23H24N2O2. The van der Waals surface area contributed by atoms with Crippen molar-refractivity contribution in [2.45, 2.75) is 43.4 Å². The molecule has 27 heavy (non-hydrogen) atoms. The van der Waals surface area contributed by atoms with Crippen LogP contribution in [0.1, 0.15) is 43.9 Å². The highest BCUT2D eigenvalue weighted by Gasteiger charge is 2.51. The van der Waals surface area contributed by atoms with E-state index in [-0.39, 0.29) is 5.91 Å². The van der Waals surface area contributed by atoms with E-state index in [2.05, 4.69) is 35.4 Å². The van der Waals surface area contributed by atoms with E-state index in [1.54, 1.807) is 7.11 Å². The Hall–Kier alpha value is -2.75. The van der Waals surface area contributed by atoms with Crippen LogP contribution in [0.5, 0.6) is 5.75 Å². The Bertz CT molecular complexity index is 1040. The third kappa shape index (κ3) is 2.71. The Morgan fingerprint density at radius 2 is 1.89 bits per heavy atom. The Kier molecular flexibility index (Phi) is 3.42. The number of hydrogen-bond donors (Lipinski definition) is 2. The van der Waals surface area contributed by atoms with Crippen molar-refractivity contribution in [2.24, 2.45) is 0 Å². The first-order chi connectivity index (χ1) is 13.0. The van der Waals surface area contributed by atoms with Crippen LogP contribution in [-0.4, -0.2) is 18.0 Å². The summed E-state index contributed by atoms with van der Waals surface area (Å²) in [6.07, 6.45) is 4.24. The Morgan fingerprint density at radius 3 is 2.59 bits per heavy atom. The molecule has 0 atom stereocenters. The maximum Gasteiger partial charge on any atom is 0.235 e. The second-order valence-corrected chi connectivity index (χ2v) is 8.31. The van der Waals surface area contributed by atoms with Crippen molar-refractivity contribution in [3.63, 3.8) is 0 Å². The van der Waals surface area contributed by atoms with Gasteiger partial charge in [0.2, 0.25) is 5.91 Å². The molecule has 0 spiro atoms. The predicted octanol–water partition coefficient (Wildman–Crippen LogP) is 4.90. The molecule has 2 fully saturated rings. The number of benzene rings is 2. The summed E-state index contributed by atoms with van der Waals surface area (Å²) in [6, 6.07) is 16.2. The van der Waals surface area contributed by atoms with Crippen LogP contribution >= 0.6 is 0 Å². The van der Waals surface area contributed by atoms with Gasteiger partial charge >= 0.3 is 0 Å². The average molecular weight is 360 g/mol. The SMILES string of the molecule is COc1cccc(C2(C(=O)Nc3ccc4[nH]c(C5(C)CC5)cc4c3)CC2)c1. The summed E-state index contributed by atoms with van der Waals surface area (Å²) in [5.41, 5.74) is 4.21. The van der Waals surface area contributed by atoms with E-state index in [1.807, 2.05) is 30.3 Å². The van der Waals surface area contributed by atoms with Crippen molar-refractivity contribution < 1.29 is 9.53 Å². The molecule has 1 aromatic heterocycles. The van der Waals surface area contributed by atoms with Crippen LogP contribution in [0.3, 0.4) is 0 Å². The molecule has 5 rings (SSSR count). The number of nitrogens with one attached hydrogen (secondary N) is 2. The predicted molar refractivity (Wildman–Crippen MR) is 107 cm³/mol. The molecule has 2 saturated carbocycles.